The molecule has 3 rings (SSSR count). The Morgan fingerprint density at radius 3 is 2.58 bits per heavy atom. The number of benzene rings is 1. The van der Waals surface area contributed by atoms with Crippen LogP contribution in [0.5, 0.6) is 0 Å². The van der Waals surface area contributed by atoms with E-state index in [1.165, 1.54) is 4.31 Å². The quantitative estimate of drug-likeness (QED) is 0.359. The van der Waals surface area contributed by atoms with E-state index in [0.717, 1.165) is 16.6 Å². The fraction of sp³-hybridized carbons (Fsp3) is 0.250. The molecule has 128 valence electrons. The third kappa shape index (κ3) is 2.95. The van der Waals surface area contributed by atoms with Gasteiger partial charge in [0, 0.05) is 23.2 Å². The first-order valence-corrected chi connectivity index (χ1v) is 10.4. The molecule has 0 bridgehead atoms. The molecule has 24 heavy (non-hydrogen) atoms. The Bertz CT molecular complexity index is 944. The number of fused-ring (bicyclic) bond motifs is 1. The van der Waals surface area contributed by atoms with E-state index in [2.05, 4.69) is 17.6 Å². The smallest absolute Gasteiger partial charge is 0.313 e. The van der Waals surface area contributed by atoms with E-state index in [4.69, 9.17) is 5.73 Å². The number of anilines is 1. The van der Waals surface area contributed by atoms with Crippen molar-refractivity contribution >= 4 is 50.6 Å². The van der Waals surface area contributed by atoms with Crippen molar-refractivity contribution in [2.24, 2.45) is 5.73 Å². The van der Waals surface area contributed by atoms with E-state index in [1.807, 2.05) is 43.5 Å². The van der Waals surface area contributed by atoms with Gasteiger partial charge < -0.3 is 10.7 Å². The summed E-state index contributed by atoms with van der Waals surface area (Å²) in [5.74, 6) is 0. The Morgan fingerprint density at radius 2 is 2.00 bits per heavy atom. The third-order valence-corrected chi connectivity index (χ3v) is 7.54. The van der Waals surface area contributed by atoms with E-state index in [1.54, 1.807) is 12.1 Å². The molecule has 2 aromatic heterocycles. The van der Waals surface area contributed by atoms with Gasteiger partial charge in [-0.15, -0.1) is 0 Å². The number of aromatic amines is 1. The van der Waals surface area contributed by atoms with Gasteiger partial charge in [0.05, 0.1) is 16.6 Å². The number of rotatable bonds is 5. The molecular formula is C16H20N3O2S3+. The topological polar surface area (TPSA) is 79.2 Å². The number of hydrogen-bond donors (Lipinski definition) is 3. The van der Waals surface area contributed by atoms with Crippen LogP contribution in [0.3, 0.4) is 0 Å². The average molecular weight is 383 g/mol. The van der Waals surface area contributed by atoms with Crippen molar-refractivity contribution in [3.63, 3.8) is 0 Å². The van der Waals surface area contributed by atoms with E-state index in [9.17, 15) is 8.42 Å². The minimum atomic E-state index is -3.61. The van der Waals surface area contributed by atoms with Gasteiger partial charge in [-0.1, -0.05) is 12.1 Å². The summed E-state index contributed by atoms with van der Waals surface area (Å²) in [6.07, 6.45) is 0. The number of nitrogens with two attached hydrogens (primary N) is 1. The molecule has 0 aliphatic carbocycles. The molecule has 0 aliphatic rings. The van der Waals surface area contributed by atoms with E-state index < -0.39 is 15.4 Å². The molecule has 1 unspecified atom stereocenters. The predicted octanol–water partition coefficient (Wildman–Crippen LogP) is 3.45. The molecule has 1 aromatic carbocycles. The van der Waals surface area contributed by atoms with Gasteiger partial charge in [0.2, 0.25) is 0 Å². The summed E-state index contributed by atoms with van der Waals surface area (Å²) in [6, 6.07) is 10.7. The maximum Gasteiger partial charge on any atom is 0.313 e. The van der Waals surface area contributed by atoms with Crippen molar-refractivity contribution < 1.29 is 8.42 Å². The van der Waals surface area contributed by atoms with Crippen molar-refractivity contribution in [2.75, 3.05) is 4.31 Å². The Balaban J connectivity index is 2.22. The first-order chi connectivity index (χ1) is 11.3. The van der Waals surface area contributed by atoms with Crippen molar-refractivity contribution in [3.8, 4) is 0 Å². The Morgan fingerprint density at radius 1 is 1.25 bits per heavy atom. The van der Waals surface area contributed by atoms with Crippen molar-refractivity contribution in [3.05, 3.63) is 47.5 Å². The highest BCUT2D eigenvalue weighted by molar-refractivity contribution is 7.94. The molecule has 0 amide bonds. The van der Waals surface area contributed by atoms with E-state index >= 15 is 0 Å². The zero-order valence-electron chi connectivity index (χ0n) is 13.3. The lowest BCUT2D eigenvalue weighted by molar-refractivity contribution is 0.586. The molecular weight excluding hydrogens is 362 g/mol. The van der Waals surface area contributed by atoms with Gasteiger partial charge in [-0.25, -0.2) is 0 Å². The van der Waals surface area contributed by atoms with Crippen LogP contribution >= 0.6 is 24.0 Å². The Labute approximate surface area is 150 Å². The maximum atomic E-state index is 13.1. The summed E-state index contributed by atoms with van der Waals surface area (Å²) in [5.41, 5.74) is 7.95. The molecule has 0 spiro atoms. The van der Waals surface area contributed by atoms with Crippen LogP contribution in [0.4, 0.5) is 5.69 Å². The number of nitrogens with one attached hydrogen (secondary N) is 1. The molecule has 0 aliphatic heterocycles. The van der Waals surface area contributed by atoms with Gasteiger partial charge >= 0.3 is 10.0 Å². The molecule has 1 atom stereocenters. The number of sulfonamides is 1. The molecule has 0 saturated carbocycles. The van der Waals surface area contributed by atoms with Crippen molar-refractivity contribution in [1.82, 2.24) is 4.98 Å². The molecule has 0 radical (unpaired) electrons. The van der Waals surface area contributed by atoms with Gasteiger partial charge in [-0.3, -0.25) is 4.31 Å². The monoisotopic (exact) mass is 382 g/mol. The minimum Gasteiger partial charge on any atom is -0.355 e. The van der Waals surface area contributed by atoms with Crippen LogP contribution in [0.25, 0.3) is 10.9 Å². The van der Waals surface area contributed by atoms with Gasteiger partial charge in [0.1, 0.15) is 5.38 Å². The van der Waals surface area contributed by atoms with Crippen LogP contribution in [0, 0.1) is 0 Å². The highest BCUT2D eigenvalue weighted by Gasteiger charge is 2.33. The van der Waals surface area contributed by atoms with Gasteiger partial charge in [0.15, 0.2) is 0 Å². The fourth-order valence-electron chi connectivity index (χ4n) is 2.73. The molecule has 5 nitrogen and oxygen atoms in total. The number of para-hydroxylation sites is 1. The minimum absolute atomic E-state index is 0.228. The SMILES string of the molecule is CC(C)N(c1cccc2cc(C(N)S)[nH]c12)S(=O)(=O)c1ccc[sH+]1. The maximum absolute atomic E-state index is 13.1. The van der Waals surface area contributed by atoms with Crippen LogP contribution in [0.1, 0.15) is 24.9 Å². The van der Waals surface area contributed by atoms with Gasteiger partial charge in [-0.05, 0) is 43.4 Å². The second kappa shape index (κ2) is 6.44. The van der Waals surface area contributed by atoms with E-state index in [-0.39, 0.29) is 6.04 Å². The summed E-state index contributed by atoms with van der Waals surface area (Å²) < 4.78 is 28.1. The summed E-state index contributed by atoms with van der Waals surface area (Å²) >= 11 is 4.94. The largest absolute Gasteiger partial charge is 0.355 e. The number of nitrogens with zero attached hydrogens (tertiary/aromatic N) is 1. The van der Waals surface area contributed by atoms with Crippen LogP contribution in [-0.2, 0) is 10.0 Å². The highest BCUT2D eigenvalue weighted by Crippen LogP contribution is 2.34. The lowest BCUT2D eigenvalue weighted by Gasteiger charge is -2.26. The number of thiol groups is 1. The predicted molar refractivity (Wildman–Crippen MR) is 105 cm³/mol. The lowest BCUT2D eigenvalue weighted by Crippen LogP contribution is -2.36. The third-order valence-electron chi connectivity index (χ3n) is 3.73. The first kappa shape index (κ1) is 17.3. The van der Waals surface area contributed by atoms with Crippen molar-refractivity contribution in [2.45, 2.75) is 29.5 Å². The number of aromatic nitrogens is 1. The summed E-state index contributed by atoms with van der Waals surface area (Å²) in [5, 5.41) is 2.28. The molecule has 0 fully saturated rings. The zero-order valence-corrected chi connectivity index (χ0v) is 15.9. The Hall–Kier alpha value is -1.48. The molecule has 0 saturated heterocycles. The normalized spacial score (nSPS) is 13.5. The molecule has 8 heteroatoms. The molecule has 3 aromatic rings. The second-order valence-electron chi connectivity index (χ2n) is 5.78. The van der Waals surface area contributed by atoms with Gasteiger partial charge in [0.25, 0.3) is 4.21 Å². The second-order valence-corrected chi connectivity index (χ2v) is 9.46. The fourth-order valence-corrected chi connectivity index (χ4v) is 5.76. The van der Waals surface area contributed by atoms with Crippen LogP contribution < -0.4 is 10.0 Å². The standard InChI is InChI=1S/C16H19N3O2S3/c1-10(2)19(24(20,21)14-7-4-8-23-14)13-6-3-5-11-9-12(16(17)22)18-15(11)13/h3-10,16,18,22H,17H2,1-2H3/p+1. The highest BCUT2D eigenvalue weighted by atomic mass is 32.2. The summed E-state index contributed by atoms with van der Waals surface area (Å²) in [6.45, 7) is 3.73. The first-order valence-electron chi connectivity index (χ1n) is 7.50. The average Bonchev–Trinajstić information content (AvgIpc) is 3.17. The van der Waals surface area contributed by atoms with Crippen molar-refractivity contribution in [1.29, 1.82) is 0 Å². The Kier molecular flexibility index (Phi) is 4.65. The van der Waals surface area contributed by atoms with Crippen LogP contribution in [0.15, 0.2) is 46.0 Å². The van der Waals surface area contributed by atoms with Crippen LogP contribution in [0.2, 0.25) is 0 Å². The molecule has 2 heterocycles. The number of H-pyrrole nitrogens is 1. The zero-order chi connectivity index (χ0) is 17.5. The van der Waals surface area contributed by atoms with Crippen LogP contribution in [-0.4, -0.2) is 19.4 Å². The molecule has 3 N–H and O–H groups in total. The number of thiophene rings is 1. The van der Waals surface area contributed by atoms with E-state index in [0.29, 0.717) is 21.2 Å². The summed E-state index contributed by atoms with van der Waals surface area (Å²) in [7, 11) is -3.61. The van der Waals surface area contributed by atoms with Gasteiger partial charge in [-0.2, -0.15) is 21.0 Å². The summed E-state index contributed by atoms with van der Waals surface area (Å²) in [4.78, 5) is 3.22. The lowest BCUT2D eigenvalue weighted by atomic mass is 10.2. The number of hydrogen-bond acceptors (Lipinski definition) is 4.